The lowest BCUT2D eigenvalue weighted by atomic mass is 10.1. The Morgan fingerprint density at radius 1 is 1.41 bits per heavy atom. The van der Waals surface area contributed by atoms with Crippen LogP contribution in [0.5, 0.6) is 0 Å². The SMILES string of the molecule is CCCNC(=O)CSc1nc2c(sc3ncccc32)c(=O)n1CCC(C)C. The maximum absolute atomic E-state index is 13.1. The maximum atomic E-state index is 13.1. The van der Waals surface area contributed by atoms with Gasteiger partial charge >= 0.3 is 0 Å². The number of carbonyl (C=O) groups excluding carboxylic acids is 1. The maximum Gasteiger partial charge on any atom is 0.272 e. The highest BCUT2D eigenvalue weighted by Gasteiger charge is 2.17. The van der Waals surface area contributed by atoms with Crippen LogP contribution in [-0.2, 0) is 11.3 Å². The van der Waals surface area contributed by atoms with Gasteiger partial charge in [-0.2, -0.15) is 0 Å². The second-order valence-electron chi connectivity index (χ2n) is 6.81. The van der Waals surface area contributed by atoms with E-state index in [4.69, 9.17) is 4.98 Å². The van der Waals surface area contributed by atoms with Crippen LogP contribution in [0.2, 0.25) is 0 Å². The van der Waals surface area contributed by atoms with Crippen LogP contribution < -0.4 is 10.9 Å². The van der Waals surface area contributed by atoms with Gasteiger partial charge < -0.3 is 5.32 Å². The lowest BCUT2D eigenvalue weighted by Gasteiger charge is -2.13. The van der Waals surface area contributed by atoms with Gasteiger partial charge in [-0.1, -0.05) is 32.5 Å². The van der Waals surface area contributed by atoms with Crippen molar-refractivity contribution in [3.05, 3.63) is 28.7 Å². The predicted octanol–water partition coefficient (Wildman–Crippen LogP) is 3.67. The Kier molecular flexibility index (Phi) is 6.49. The van der Waals surface area contributed by atoms with E-state index in [1.807, 2.05) is 19.1 Å². The Hall–Kier alpha value is -1.93. The number of carbonyl (C=O) groups is 1. The summed E-state index contributed by atoms with van der Waals surface area (Å²) in [5.74, 6) is 0.686. The number of rotatable bonds is 8. The summed E-state index contributed by atoms with van der Waals surface area (Å²) in [5.41, 5.74) is 0.644. The highest BCUT2D eigenvalue weighted by atomic mass is 32.2. The van der Waals surface area contributed by atoms with Crippen LogP contribution in [0.15, 0.2) is 28.3 Å². The molecule has 3 aromatic rings. The first-order chi connectivity index (χ1) is 13.0. The second-order valence-corrected chi connectivity index (χ2v) is 8.75. The molecule has 27 heavy (non-hydrogen) atoms. The highest BCUT2D eigenvalue weighted by Crippen LogP contribution is 2.30. The average Bonchev–Trinajstić information content (AvgIpc) is 3.03. The predicted molar refractivity (Wildman–Crippen MR) is 113 cm³/mol. The molecule has 3 heterocycles. The van der Waals surface area contributed by atoms with Crippen molar-refractivity contribution >= 4 is 49.4 Å². The zero-order valence-corrected chi connectivity index (χ0v) is 17.5. The van der Waals surface area contributed by atoms with E-state index in [-0.39, 0.29) is 17.2 Å². The van der Waals surface area contributed by atoms with Crippen molar-refractivity contribution in [2.24, 2.45) is 5.92 Å². The Morgan fingerprint density at radius 2 is 2.22 bits per heavy atom. The van der Waals surface area contributed by atoms with Gasteiger partial charge in [-0.3, -0.25) is 14.2 Å². The number of thioether (sulfide) groups is 1. The van der Waals surface area contributed by atoms with Gasteiger partial charge in [0.1, 0.15) is 9.53 Å². The summed E-state index contributed by atoms with van der Waals surface area (Å²) in [5, 5.41) is 4.36. The first-order valence-electron chi connectivity index (χ1n) is 9.18. The largest absolute Gasteiger partial charge is 0.355 e. The molecule has 3 aromatic heterocycles. The van der Waals surface area contributed by atoms with Crippen LogP contribution in [0.4, 0.5) is 0 Å². The Labute approximate surface area is 166 Å². The monoisotopic (exact) mass is 404 g/mol. The Balaban J connectivity index is 2.02. The van der Waals surface area contributed by atoms with E-state index < -0.39 is 0 Å². The summed E-state index contributed by atoms with van der Waals surface area (Å²) >= 11 is 2.71. The van der Waals surface area contributed by atoms with Gasteiger partial charge in [0, 0.05) is 24.7 Å². The van der Waals surface area contributed by atoms with Crippen molar-refractivity contribution in [3.63, 3.8) is 0 Å². The number of nitrogens with zero attached hydrogens (tertiary/aromatic N) is 3. The Bertz CT molecular complexity index is 1010. The fourth-order valence-corrected chi connectivity index (χ4v) is 4.56. The van der Waals surface area contributed by atoms with Gasteiger partial charge in [0.25, 0.3) is 5.56 Å². The molecule has 0 unspecified atom stereocenters. The molecule has 1 amide bonds. The molecular weight excluding hydrogens is 380 g/mol. The molecule has 0 fully saturated rings. The summed E-state index contributed by atoms with van der Waals surface area (Å²) < 4.78 is 2.35. The van der Waals surface area contributed by atoms with E-state index in [0.717, 1.165) is 23.1 Å². The smallest absolute Gasteiger partial charge is 0.272 e. The molecule has 0 aliphatic rings. The molecule has 0 aliphatic carbocycles. The molecule has 0 saturated heterocycles. The first kappa shape index (κ1) is 19.8. The number of hydrogen-bond acceptors (Lipinski definition) is 6. The number of amides is 1. The number of pyridine rings is 1. The third-order valence-electron chi connectivity index (χ3n) is 4.15. The van der Waals surface area contributed by atoms with Crippen molar-refractivity contribution < 1.29 is 4.79 Å². The van der Waals surface area contributed by atoms with Crippen molar-refractivity contribution in [2.75, 3.05) is 12.3 Å². The normalized spacial score (nSPS) is 11.6. The van der Waals surface area contributed by atoms with E-state index in [1.165, 1.54) is 23.1 Å². The molecule has 1 N–H and O–H groups in total. The summed E-state index contributed by atoms with van der Waals surface area (Å²) in [6.45, 7) is 7.53. The molecule has 0 bridgehead atoms. The molecule has 0 aromatic carbocycles. The zero-order chi connectivity index (χ0) is 19.4. The van der Waals surface area contributed by atoms with Crippen LogP contribution in [-0.4, -0.2) is 32.7 Å². The number of fused-ring (bicyclic) bond motifs is 3. The molecule has 0 atom stereocenters. The summed E-state index contributed by atoms with van der Waals surface area (Å²) in [6, 6.07) is 3.79. The topological polar surface area (TPSA) is 76.9 Å². The van der Waals surface area contributed by atoms with Crippen molar-refractivity contribution in [3.8, 4) is 0 Å². The van der Waals surface area contributed by atoms with E-state index in [9.17, 15) is 9.59 Å². The third kappa shape index (κ3) is 4.50. The molecule has 0 saturated carbocycles. The second kappa shape index (κ2) is 8.84. The van der Waals surface area contributed by atoms with Gasteiger partial charge in [0.2, 0.25) is 5.91 Å². The summed E-state index contributed by atoms with van der Waals surface area (Å²) in [7, 11) is 0. The number of aromatic nitrogens is 3. The minimum Gasteiger partial charge on any atom is -0.355 e. The molecular formula is C19H24N4O2S2. The number of nitrogens with one attached hydrogen (secondary N) is 1. The summed E-state index contributed by atoms with van der Waals surface area (Å²) in [4.78, 5) is 35.1. The first-order valence-corrected chi connectivity index (χ1v) is 11.0. The Morgan fingerprint density at radius 3 is 2.96 bits per heavy atom. The summed E-state index contributed by atoms with van der Waals surface area (Å²) in [6.07, 6.45) is 3.50. The lowest BCUT2D eigenvalue weighted by Crippen LogP contribution is -2.27. The number of thiophene rings is 1. The lowest BCUT2D eigenvalue weighted by molar-refractivity contribution is -0.118. The fraction of sp³-hybridized carbons (Fsp3) is 0.474. The molecule has 0 spiro atoms. The highest BCUT2D eigenvalue weighted by molar-refractivity contribution is 7.99. The van der Waals surface area contributed by atoms with E-state index in [1.54, 1.807) is 10.8 Å². The van der Waals surface area contributed by atoms with E-state index >= 15 is 0 Å². The average molecular weight is 405 g/mol. The molecule has 8 heteroatoms. The minimum absolute atomic E-state index is 0.0385. The van der Waals surface area contributed by atoms with Crippen molar-refractivity contribution in [1.29, 1.82) is 0 Å². The van der Waals surface area contributed by atoms with Crippen LogP contribution in [0, 0.1) is 5.92 Å². The van der Waals surface area contributed by atoms with Gasteiger partial charge in [0.15, 0.2) is 5.16 Å². The quantitative estimate of drug-likeness (QED) is 0.458. The van der Waals surface area contributed by atoms with Crippen molar-refractivity contribution in [2.45, 2.75) is 45.3 Å². The van der Waals surface area contributed by atoms with Crippen LogP contribution in [0.1, 0.15) is 33.6 Å². The molecule has 0 aliphatic heterocycles. The minimum atomic E-state index is -0.0416. The van der Waals surface area contributed by atoms with Gasteiger partial charge in [0.05, 0.1) is 11.3 Å². The van der Waals surface area contributed by atoms with Crippen LogP contribution in [0.3, 0.4) is 0 Å². The van der Waals surface area contributed by atoms with Crippen LogP contribution >= 0.6 is 23.1 Å². The van der Waals surface area contributed by atoms with E-state index in [0.29, 0.717) is 34.4 Å². The number of hydrogen-bond donors (Lipinski definition) is 1. The van der Waals surface area contributed by atoms with Crippen LogP contribution in [0.25, 0.3) is 20.4 Å². The fourth-order valence-electron chi connectivity index (χ4n) is 2.68. The van der Waals surface area contributed by atoms with Gasteiger partial charge in [-0.25, -0.2) is 9.97 Å². The van der Waals surface area contributed by atoms with Gasteiger partial charge in [-0.05, 0) is 30.9 Å². The van der Waals surface area contributed by atoms with E-state index in [2.05, 4.69) is 24.1 Å². The zero-order valence-electron chi connectivity index (χ0n) is 15.8. The molecule has 3 rings (SSSR count). The molecule has 144 valence electrons. The van der Waals surface area contributed by atoms with Gasteiger partial charge in [-0.15, -0.1) is 11.3 Å². The molecule has 6 nitrogen and oxygen atoms in total. The van der Waals surface area contributed by atoms with Crippen molar-refractivity contribution in [1.82, 2.24) is 19.9 Å². The third-order valence-corrected chi connectivity index (χ3v) is 6.22. The molecule has 0 radical (unpaired) electrons. The standard InChI is InChI=1S/C19H24N4O2S2/c1-4-8-20-14(24)11-26-19-22-15-13-6-5-9-21-17(13)27-16(15)18(25)23(19)10-7-12(2)3/h5-6,9,12H,4,7-8,10-11H2,1-3H3,(H,20,24).